The fourth-order valence-corrected chi connectivity index (χ4v) is 4.53. The Morgan fingerprint density at radius 1 is 1.24 bits per heavy atom. The summed E-state index contributed by atoms with van der Waals surface area (Å²) in [5.41, 5.74) is 1.38. The summed E-state index contributed by atoms with van der Waals surface area (Å²) in [6.07, 6.45) is 2.27. The molecule has 1 saturated heterocycles. The van der Waals surface area contributed by atoms with Crippen LogP contribution >= 0.6 is 8.81 Å². The molecule has 0 amide bonds. The number of nitrogens with zero attached hydrogens (tertiary/aromatic N) is 1. The van der Waals surface area contributed by atoms with E-state index in [4.69, 9.17) is 9.26 Å². The van der Waals surface area contributed by atoms with Gasteiger partial charge in [0, 0.05) is 31.1 Å². The minimum absolute atomic E-state index is 0.190. The first-order valence-corrected chi connectivity index (χ1v) is 8.49. The predicted octanol–water partition coefficient (Wildman–Crippen LogP) is 3.37. The van der Waals surface area contributed by atoms with Gasteiger partial charge in [0.1, 0.15) is 6.61 Å². The van der Waals surface area contributed by atoms with E-state index in [-0.39, 0.29) is 17.0 Å². The number of hydrogen-bond donors (Lipinski definition) is 0. The number of ether oxygens (including phenoxy) is 1. The van der Waals surface area contributed by atoms with Crippen LogP contribution < -0.4 is 0 Å². The molecule has 122 valence electrons. The van der Waals surface area contributed by atoms with E-state index in [2.05, 4.69) is 46.2 Å². The molecule has 0 aromatic heterocycles. The van der Waals surface area contributed by atoms with Crippen LogP contribution in [-0.4, -0.2) is 47.9 Å². The average Bonchev–Trinajstić information content (AvgIpc) is 2.34. The first-order chi connectivity index (χ1) is 9.56. The molecule has 0 aromatic rings. The van der Waals surface area contributed by atoms with Crippen LogP contribution in [0.4, 0.5) is 0 Å². The molecule has 0 aliphatic carbocycles. The highest BCUT2D eigenvalue weighted by molar-refractivity contribution is 7.33. The summed E-state index contributed by atoms with van der Waals surface area (Å²) in [7, 11) is 2.67. The lowest BCUT2D eigenvalue weighted by molar-refractivity contribution is -0.139. The van der Waals surface area contributed by atoms with Crippen LogP contribution in [0, 0.1) is 0 Å². The van der Waals surface area contributed by atoms with Gasteiger partial charge in [-0.3, -0.25) is 4.90 Å². The smallest absolute Gasteiger partial charge is 0.333 e. The van der Waals surface area contributed by atoms with E-state index >= 15 is 0 Å². The lowest BCUT2D eigenvalue weighted by Gasteiger charge is -2.53. The van der Waals surface area contributed by atoms with Gasteiger partial charge in [0.05, 0.1) is 6.61 Å². The van der Waals surface area contributed by atoms with Crippen LogP contribution in [0.15, 0.2) is 12.2 Å². The topological polar surface area (TPSA) is 38.8 Å². The van der Waals surface area contributed by atoms with Crippen LogP contribution in [0.2, 0.25) is 0 Å². The molecule has 0 saturated carbocycles. The van der Waals surface area contributed by atoms with Gasteiger partial charge in [-0.2, -0.15) is 0 Å². The molecular formula is C16H30NO3P. The molecule has 4 nitrogen and oxygen atoms in total. The van der Waals surface area contributed by atoms with Crippen molar-refractivity contribution in [2.75, 3.05) is 20.3 Å². The zero-order valence-electron chi connectivity index (χ0n) is 14.3. The molecule has 0 spiro atoms. The van der Waals surface area contributed by atoms with Gasteiger partial charge >= 0.3 is 5.97 Å². The lowest BCUT2D eigenvalue weighted by atomic mass is 9.80. The summed E-state index contributed by atoms with van der Waals surface area (Å²) >= 11 is 0. The summed E-state index contributed by atoms with van der Waals surface area (Å²) in [5.74, 6) is -0.344. The highest BCUT2D eigenvalue weighted by Gasteiger charge is 2.42. The Bertz CT molecular complexity index is 375. The maximum absolute atomic E-state index is 11.2. The third kappa shape index (κ3) is 5.36. The Balaban J connectivity index is 2.33. The first-order valence-electron chi connectivity index (χ1n) is 7.50. The predicted molar refractivity (Wildman–Crippen MR) is 89.0 cm³/mol. The Morgan fingerprint density at radius 3 is 2.24 bits per heavy atom. The van der Waals surface area contributed by atoms with E-state index in [1.54, 1.807) is 6.92 Å². The Labute approximate surface area is 131 Å². The van der Waals surface area contributed by atoms with Crippen LogP contribution in [0.1, 0.15) is 47.5 Å². The van der Waals surface area contributed by atoms with E-state index in [0.717, 1.165) is 12.8 Å². The largest absolute Gasteiger partial charge is 0.460 e. The van der Waals surface area contributed by atoms with Crippen molar-refractivity contribution in [2.24, 2.45) is 0 Å². The van der Waals surface area contributed by atoms with Gasteiger partial charge < -0.3 is 9.26 Å². The van der Waals surface area contributed by atoms with Gasteiger partial charge in [0.2, 0.25) is 0 Å². The van der Waals surface area contributed by atoms with Crippen molar-refractivity contribution >= 4 is 14.8 Å². The van der Waals surface area contributed by atoms with Crippen molar-refractivity contribution in [3.8, 4) is 0 Å². The molecule has 0 bridgehead atoms. The third-order valence-corrected chi connectivity index (χ3v) is 5.44. The van der Waals surface area contributed by atoms with Gasteiger partial charge in [0.15, 0.2) is 0 Å². The standard InChI is InChI=1S/C16H30NO3P/c1-12(2)14(18)19-8-9-20-21-13-10-15(3,4)17(7)16(5,6)11-13/h13,21H,1,8-11H2,2-7H3. The van der Waals surface area contributed by atoms with E-state index in [0.29, 0.717) is 33.3 Å². The zero-order valence-corrected chi connectivity index (χ0v) is 15.3. The van der Waals surface area contributed by atoms with Gasteiger partial charge in [-0.1, -0.05) is 6.58 Å². The molecular weight excluding hydrogens is 285 g/mol. The van der Waals surface area contributed by atoms with Gasteiger partial charge in [-0.15, -0.1) is 0 Å². The Hall–Kier alpha value is -0.440. The van der Waals surface area contributed by atoms with E-state index in [9.17, 15) is 4.79 Å². The van der Waals surface area contributed by atoms with Crippen LogP contribution in [0.5, 0.6) is 0 Å². The number of carbonyl (C=O) groups excluding carboxylic acids is 1. The maximum atomic E-state index is 11.2. The SMILES string of the molecule is C=C(C)C(=O)OCCOPC1CC(C)(C)N(C)C(C)(C)C1. The van der Waals surface area contributed by atoms with E-state index < -0.39 is 0 Å². The number of piperidine rings is 1. The Morgan fingerprint density at radius 2 is 1.76 bits per heavy atom. The maximum Gasteiger partial charge on any atom is 0.333 e. The number of carbonyl (C=O) groups is 1. The molecule has 1 rings (SSSR count). The second kappa shape index (κ2) is 7.21. The van der Waals surface area contributed by atoms with Crippen LogP contribution in [0.25, 0.3) is 0 Å². The summed E-state index contributed by atoms with van der Waals surface area (Å²) in [5, 5.41) is 0. The molecule has 5 heteroatoms. The number of rotatable bonds is 6. The summed E-state index contributed by atoms with van der Waals surface area (Å²) in [4.78, 5) is 13.7. The summed E-state index contributed by atoms with van der Waals surface area (Å²) < 4.78 is 10.8. The highest BCUT2D eigenvalue weighted by Crippen LogP contribution is 2.43. The van der Waals surface area contributed by atoms with Gasteiger partial charge in [0.25, 0.3) is 0 Å². The van der Waals surface area contributed by atoms with E-state index in [1.807, 2.05) is 0 Å². The third-order valence-electron chi connectivity index (χ3n) is 4.32. The molecule has 0 radical (unpaired) electrons. The number of likely N-dealkylation sites (tertiary alicyclic amines) is 1. The normalized spacial score (nSPS) is 22.6. The van der Waals surface area contributed by atoms with Crippen molar-refractivity contribution in [1.82, 2.24) is 4.90 Å². The second-order valence-electron chi connectivity index (χ2n) is 7.17. The quantitative estimate of drug-likeness (QED) is 0.326. The monoisotopic (exact) mass is 315 g/mol. The summed E-state index contributed by atoms with van der Waals surface area (Å²) in [6, 6.07) is 0. The van der Waals surface area contributed by atoms with Crippen LogP contribution in [0.3, 0.4) is 0 Å². The molecule has 0 N–H and O–H groups in total. The average molecular weight is 315 g/mol. The zero-order chi connectivity index (χ0) is 16.3. The fourth-order valence-electron chi connectivity index (χ4n) is 2.93. The summed E-state index contributed by atoms with van der Waals surface area (Å²) in [6.45, 7) is 15.1. The second-order valence-corrected chi connectivity index (χ2v) is 8.51. The Kier molecular flexibility index (Phi) is 6.39. The first kappa shape index (κ1) is 18.6. The van der Waals surface area contributed by atoms with Crippen molar-refractivity contribution in [3.05, 3.63) is 12.2 Å². The molecule has 1 fully saturated rings. The minimum Gasteiger partial charge on any atom is -0.460 e. The minimum atomic E-state index is -0.344. The van der Waals surface area contributed by atoms with Crippen molar-refractivity contribution < 1.29 is 14.1 Å². The van der Waals surface area contributed by atoms with E-state index in [1.165, 1.54) is 0 Å². The number of hydrogen-bond acceptors (Lipinski definition) is 4. The van der Waals surface area contributed by atoms with Crippen molar-refractivity contribution in [3.63, 3.8) is 0 Å². The molecule has 0 aromatic carbocycles. The highest BCUT2D eigenvalue weighted by atomic mass is 31.1. The van der Waals surface area contributed by atoms with Crippen molar-refractivity contribution in [2.45, 2.75) is 64.2 Å². The molecule has 1 aliphatic heterocycles. The van der Waals surface area contributed by atoms with Gasteiger partial charge in [-0.05, 0) is 54.5 Å². The molecule has 1 atom stereocenters. The fraction of sp³-hybridized carbons (Fsp3) is 0.812. The lowest BCUT2D eigenvalue weighted by Crippen LogP contribution is -2.59. The van der Waals surface area contributed by atoms with Gasteiger partial charge in [-0.25, -0.2) is 4.79 Å². The number of esters is 1. The van der Waals surface area contributed by atoms with Crippen LogP contribution in [-0.2, 0) is 14.1 Å². The molecule has 1 heterocycles. The molecule has 21 heavy (non-hydrogen) atoms. The van der Waals surface area contributed by atoms with Crippen molar-refractivity contribution in [1.29, 1.82) is 0 Å². The molecule has 1 unspecified atom stereocenters. The molecule has 1 aliphatic rings.